The van der Waals surface area contributed by atoms with E-state index in [0.29, 0.717) is 43.2 Å². The molecule has 0 saturated carbocycles. The maximum Gasteiger partial charge on any atom is 0.254 e. The van der Waals surface area contributed by atoms with Gasteiger partial charge in [-0.25, -0.2) is 0 Å². The van der Waals surface area contributed by atoms with Crippen LogP contribution in [0.15, 0.2) is 18.2 Å². The third-order valence-electron chi connectivity index (χ3n) is 6.54. The van der Waals surface area contributed by atoms with Gasteiger partial charge in [0.15, 0.2) is 11.5 Å². The third kappa shape index (κ3) is 8.10. The van der Waals surface area contributed by atoms with Gasteiger partial charge in [-0.1, -0.05) is 0 Å². The van der Waals surface area contributed by atoms with E-state index in [-0.39, 0.29) is 36.0 Å². The molecular formula is C27H45N3O5. The Morgan fingerprint density at radius 1 is 1.06 bits per heavy atom. The minimum atomic E-state index is -0.0253. The molecule has 0 bridgehead atoms. The first-order chi connectivity index (χ1) is 16.7. The number of ether oxygens (including phenoxy) is 3. The number of hydrogen-bond acceptors (Lipinski definition) is 6. The Bertz CT molecular complexity index is 806. The lowest BCUT2D eigenvalue weighted by Gasteiger charge is -2.40. The van der Waals surface area contributed by atoms with Gasteiger partial charge in [-0.15, -0.1) is 0 Å². The average Bonchev–Trinajstić information content (AvgIpc) is 2.82. The summed E-state index contributed by atoms with van der Waals surface area (Å²) in [5.74, 6) is 1.32. The number of carbonyl (C=O) groups is 2. The van der Waals surface area contributed by atoms with Crippen LogP contribution in [-0.2, 0) is 9.53 Å². The summed E-state index contributed by atoms with van der Waals surface area (Å²) >= 11 is 0. The van der Waals surface area contributed by atoms with Crippen LogP contribution in [0, 0.1) is 0 Å². The number of rotatable bonds is 13. The lowest BCUT2D eigenvalue weighted by molar-refractivity contribution is -0.133. The summed E-state index contributed by atoms with van der Waals surface area (Å²) in [6, 6.07) is 5.80. The number of piperidine rings is 1. The predicted molar refractivity (Wildman–Crippen MR) is 138 cm³/mol. The largest absolute Gasteiger partial charge is 0.493 e. The molecule has 0 unspecified atom stereocenters. The molecule has 1 aromatic carbocycles. The second kappa shape index (κ2) is 14.3. The van der Waals surface area contributed by atoms with Crippen LogP contribution in [-0.4, -0.2) is 86.3 Å². The Balaban J connectivity index is 2.06. The van der Waals surface area contributed by atoms with Gasteiger partial charge in [0.05, 0.1) is 13.7 Å². The average molecular weight is 492 g/mol. The van der Waals surface area contributed by atoms with Crippen LogP contribution in [0.2, 0.25) is 0 Å². The zero-order chi connectivity index (χ0) is 26.0. The van der Waals surface area contributed by atoms with Crippen molar-refractivity contribution in [3.63, 3.8) is 0 Å². The quantitative estimate of drug-likeness (QED) is 0.424. The van der Waals surface area contributed by atoms with E-state index in [4.69, 9.17) is 14.2 Å². The molecule has 198 valence electrons. The van der Waals surface area contributed by atoms with Gasteiger partial charge in [-0.3, -0.25) is 9.59 Å². The first kappa shape index (κ1) is 28.9. The van der Waals surface area contributed by atoms with E-state index in [1.807, 2.05) is 44.4 Å². The lowest BCUT2D eigenvalue weighted by Crippen LogP contribution is -2.54. The van der Waals surface area contributed by atoms with Crippen molar-refractivity contribution >= 4 is 11.8 Å². The highest BCUT2D eigenvalue weighted by Crippen LogP contribution is 2.30. The van der Waals surface area contributed by atoms with E-state index < -0.39 is 0 Å². The van der Waals surface area contributed by atoms with E-state index >= 15 is 0 Å². The van der Waals surface area contributed by atoms with Gasteiger partial charge in [0.1, 0.15) is 0 Å². The molecule has 0 radical (unpaired) electrons. The number of hydrogen-bond donors (Lipinski definition) is 1. The molecule has 1 aliphatic rings. The number of carbonyl (C=O) groups excluding carboxylic acids is 2. The molecule has 1 aliphatic heterocycles. The summed E-state index contributed by atoms with van der Waals surface area (Å²) in [4.78, 5) is 30.2. The fourth-order valence-electron chi connectivity index (χ4n) is 4.75. The molecule has 2 rings (SSSR count). The van der Waals surface area contributed by atoms with Gasteiger partial charge in [0.2, 0.25) is 5.91 Å². The molecule has 1 fully saturated rings. The molecule has 0 spiro atoms. The van der Waals surface area contributed by atoms with Crippen molar-refractivity contribution in [3.8, 4) is 11.5 Å². The van der Waals surface area contributed by atoms with Gasteiger partial charge < -0.3 is 29.3 Å². The molecule has 1 aromatic rings. The minimum absolute atomic E-state index is 0.0253. The highest BCUT2D eigenvalue weighted by Gasteiger charge is 2.32. The lowest BCUT2D eigenvalue weighted by atomic mass is 9.95. The summed E-state index contributed by atoms with van der Waals surface area (Å²) in [5, 5.41) is 3.53. The van der Waals surface area contributed by atoms with Crippen molar-refractivity contribution in [2.45, 2.75) is 84.5 Å². The van der Waals surface area contributed by atoms with Gasteiger partial charge in [0, 0.05) is 69.4 Å². The molecule has 1 saturated heterocycles. The van der Waals surface area contributed by atoms with E-state index in [9.17, 15) is 9.59 Å². The molecule has 35 heavy (non-hydrogen) atoms. The Morgan fingerprint density at radius 3 is 2.34 bits per heavy atom. The molecule has 2 atom stereocenters. The summed E-state index contributed by atoms with van der Waals surface area (Å²) < 4.78 is 16.4. The minimum Gasteiger partial charge on any atom is -0.493 e. The Kier molecular flexibility index (Phi) is 11.8. The van der Waals surface area contributed by atoms with Gasteiger partial charge >= 0.3 is 0 Å². The van der Waals surface area contributed by atoms with Crippen LogP contribution in [0.1, 0.15) is 70.7 Å². The zero-order valence-corrected chi connectivity index (χ0v) is 22.6. The van der Waals surface area contributed by atoms with E-state index in [1.54, 1.807) is 32.4 Å². The fourth-order valence-corrected chi connectivity index (χ4v) is 4.75. The molecule has 0 aromatic heterocycles. The number of nitrogens with zero attached hydrogens (tertiary/aromatic N) is 2. The van der Waals surface area contributed by atoms with Crippen molar-refractivity contribution in [1.82, 2.24) is 15.1 Å². The third-order valence-corrected chi connectivity index (χ3v) is 6.54. The molecular weight excluding hydrogens is 446 g/mol. The standard InChI is InChI=1S/C27H45N3O5/c1-8-29(19(2)3)26(31)17-22-11-12-23(18-28-22)30(20(4)5)27(32)21-10-13-24(34-7)25(16-21)35-15-9-14-33-6/h10,13,16,19-20,22-23,28H,8-9,11-12,14-15,17-18H2,1-7H3/t22-,23+/m0/s1. The van der Waals surface area contributed by atoms with E-state index in [1.165, 1.54) is 0 Å². The van der Waals surface area contributed by atoms with Crippen molar-refractivity contribution < 1.29 is 23.8 Å². The topological polar surface area (TPSA) is 80.3 Å². The second-order valence-electron chi connectivity index (χ2n) is 9.68. The van der Waals surface area contributed by atoms with Crippen molar-refractivity contribution in [2.75, 3.05) is 40.5 Å². The molecule has 1 heterocycles. The van der Waals surface area contributed by atoms with E-state index in [0.717, 1.165) is 25.8 Å². The highest BCUT2D eigenvalue weighted by molar-refractivity contribution is 5.95. The number of benzene rings is 1. The number of methoxy groups -OCH3 is 2. The Labute approximate surface area is 211 Å². The summed E-state index contributed by atoms with van der Waals surface area (Å²) in [6.07, 6.45) is 2.97. The van der Waals surface area contributed by atoms with Gasteiger partial charge in [0.25, 0.3) is 5.91 Å². The monoisotopic (exact) mass is 491 g/mol. The zero-order valence-electron chi connectivity index (χ0n) is 22.6. The molecule has 2 amide bonds. The summed E-state index contributed by atoms with van der Waals surface area (Å²) in [6.45, 7) is 12.7. The second-order valence-corrected chi connectivity index (χ2v) is 9.68. The van der Waals surface area contributed by atoms with Crippen LogP contribution >= 0.6 is 0 Å². The molecule has 0 aliphatic carbocycles. The highest BCUT2D eigenvalue weighted by atomic mass is 16.5. The number of amides is 2. The van der Waals surface area contributed by atoms with E-state index in [2.05, 4.69) is 5.32 Å². The van der Waals surface area contributed by atoms with Crippen LogP contribution in [0.25, 0.3) is 0 Å². The van der Waals surface area contributed by atoms with Crippen molar-refractivity contribution in [2.24, 2.45) is 0 Å². The normalized spacial score (nSPS) is 18.0. The molecule has 1 N–H and O–H groups in total. The predicted octanol–water partition coefficient (Wildman–Crippen LogP) is 3.73. The summed E-state index contributed by atoms with van der Waals surface area (Å²) in [5.41, 5.74) is 0.578. The molecule has 8 nitrogen and oxygen atoms in total. The smallest absolute Gasteiger partial charge is 0.254 e. The summed E-state index contributed by atoms with van der Waals surface area (Å²) in [7, 11) is 3.25. The first-order valence-corrected chi connectivity index (χ1v) is 12.9. The number of nitrogens with one attached hydrogen (secondary N) is 1. The maximum absolute atomic E-state index is 13.6. The molecule has 8 heteroatoms. The van der Waals surface area contributed by atoms with Crippen LogP contribution in [0.5, 0.6) is 11.5 Å². The van der Waals surface area contributed by atoms with Crippen LogP contribution in [0.4, 0.5) is 0 Å². The SMILES string of the molecule is CCN(C(=O)C[C@@H]1CC[C@@H](N(C(=O)c2ccc(OC)c(OCCCOC)c2)C(C)C)CN1)C(C)C. The van der Waals surface area contributed by atoms with Crippen LogP contribution < -0.4 is 14.8 Å². The van der Waals surface area contributed by atoms with Gasteiger partial charge in [-0.2, -0.15) is 0 Å². The van der Waals surface area contributed by atoms with Crippen molar-refractivity contribution in [3.05, 3.63) is 23.8 Å². The van der Waals surface area contributed by atoms with Gasteiger partial charge in [-0.05, 0) is 65.7 Å². The van der Waals surface area contributed by atoms with Crippen molar-refractivity contribution in [1.29, 1.82) is 0 Å². The van der Waals surface area contributed by atoms with Crippen LogP contribution in [0.3, 0.4) is 0 Å². The Morgan fingerprint density at radius 2 is 1.80 bits per heavy atom. The Hall–Kier alpha value is -2.32. The first-order valence-electron chi connectivity index (χ1n) is 12.9. The maximum atomic E-state index is 13.6. The fraction of sp³-hybridized carbons (Fsp3) is 0.704.